The van der Waals surface area contributed by atoms with Gasteiger partial charge in [-0.25, -0.2) is 0 Å². The van der Waals surface area contributed by atoms with Crippen LogP contribution in [0.4, 0.5) is 0 Å². The monoisotopic (exact) mass is 379 g/mol. The molecule has 27 heavy (non-hydrogen) atoms. The molecule has 138 valence electrons. The Morgan fingerprint density at radius 1 is 1.19 bits per heavy atom. The van der Waals surface area contributed by atoms with E-state index in [9.17, 15) is 0 Å². The van der Waals surface area contributed by atoms with Crippen molar-refractivity contribution in [1.29, 1.82) is 0 Å². The van der Waals surface area contributed by atoms with E-state index in [0.29, 0.717) is 11.7 Å². The number of nitrogens with zero attached hydrogens (tertiary/aromatic N) is 3. The van der Waals surface area contributed by atoms with Gasteiger partial charge in [-0.1, -0.05) is 30.3 Å². The molecule has 1 heterocycles. The molecule has 0 saturated heterocycles. The van der Waals surface area contributed by atoms with Crippen molar-refractivity contribution < 1.29 is 4.74 Å². The maximum absolute atomic E-state index is 5.24. The first kappa shape index (κ1) is 18.6. The number of benzene rings is 2. The molecule has 1 aromatic heterocycles. The Balaban J connectivity index is 1.91. The number of hydrazone groups is 1. The number of thiocarbonyl (C=S) groups is 1. The summed E-state index contributed by atoms with van der Waals surface area (Å²) >= 11 is 5.05. The summed E-state index contributed by atoms with van der Waals surface area (Å²) in [4.78, 5) is 0. The lowest BCUT2D eigenvalue weighted by atomic mass is 10.1. The SMILES string of the molecule is CNC(=S)N/N=C\c1cn(Cc2ccccc2)nc1-c1ccc(OC)cc1. The molecule has 0 aliphatic carbocycles. The predicted molar refractivity (Wildman–Crippen MR) is 112 cm³/mol. The lowest BCUT2D eigenvalue weighted by molar-refractivity contribution is 0.415. The van der Waals surface area contributed by atoms with Crippen molar-refractivity contribution in [2.75, 3.05) is 14.2 Å². The number of hydrogen-bond donors (Lipinski definition) is 2. The maximum atomic E-state index is 5.24. The molecule has 3 rings (SSSR count). The lowest BCUT2D eigenvalue weighted by Crippen LogP contribution is -2.28. The van der Waals surface area contributed by atoms with E-state index in [-0.39, 0.29) is 0 Å². The van der Waals surface area contributed by atoms with Crippen LogP contribution in [0.15, 0.2) is 65.9 Å². The standard InChI is InChI=1S/C20H21N5OS/c1-21-20(27)23-22-12-17-14-25(13-15-6-4-3-5-7-15)24-19(17)16-8-10-18(26-2)11-9-16/h3-12,14H,13H2,1-2H3,(H2,21,23,27)/b22-12-. The Labute approximate surface area is 163 Å². The molecule has 0 saturated carbocycles. The van der Waals surface area contributed by atoms with Crippen LogP contribution in [0.5, 0.6) is 5.75 Å². The Morgan fingerprint density at radius 3 is 2.59 bits per heavy atom. The topological polar surface area (TPSA) is 63.5 Å². The zero-order chi connectivity index (χ0) is 19.1. The van der Waals surface area contributed by atoms with Crippen molar-refractivity contribution in [2.45, 2.75) is 6.54 Å². The molecule has 0 aliphatic rings. The fourth-order valence-electron chi connectivity index (χ4n) is 2.57. The van der Waals surface area contributed by atoms with Gasteiger partial charge in [0, 0.05) is 24.4 Å². The Morgan fingerprint density at radius 2 is 1.93 bits per heavy atom. The first-order chi connectivity index (χ1) is 13.2. The van der Waals surface area contributed by atoms with Crippen LogP contribution in [0.1, 0.15) is 11.1 Å². The van der Waals surface area contributed by atoms with E-state index in [0.717, 1.165) is 22.6 Å². The zero-order valence-electron chi connectivity index (χ0n) is 15.2. The summed E-state index contributed by atoms with van der Waals surface area (Å²) in [5, 5.41) is 12.2. The predicted octanol–water partition coefficient (Wildman–Crippen LogP) is 3.03. The second-order valence-electron chi connectivity index (χ2n) is 5.79. The molecule has 0 fully saturated rings. The van der Waals surface area contributed by atoms with Crippen molar-refractivity contribution in [3.63, 3.8) is 0 Å². The average Bonchev–Trinajstić information content (AvgIpc) is 3.11. The van der Waals surface area contributed by atoms with Crippen LogP contribution in [-0.4, -0.2) is 35.3 Å². The van der Waals surface area contributed by atoms with Crippen LogP contribution in [0.2, 0.25) is 0 Å². The lowest BCUT2D eigenvalue weighted by Gasteiger charge is -2.03. The summed E-state index contributed by atoms with van der Waals surface area (Å²) in [5.41, 5.74) is 6.67. The molecular weight excluding hydrogens is 358 g/mol. The molecule has 3 aromatic rings. The summed E-state index contributed by atoms with van der Waals surface area (Å²) in [6.45, 7) is 0.681. The van der Waals surface area contributed by atoms with E-state index < -0.39 is 0 Å². The molecule has 0 bridgehead atoms. The van der Waals surface area contributed by atoms with Gasteiger partial charge < -0.3 is 10.1 Å². The van der Waals surface area contributed by atoms with E-state index in [1.54, 1.807) is 20.4 Å². The van der Waals surface area contributed by atoms with E-state index in [2.05, 4.69) is 28.0 Å². The van der Waals surface area contributed by atoms with Gasteiger partial charge in [-0.15, -0.1) is 0 Å². The number of rotatable bonds is 6. The number of aromatic nitrogens is 2. The summed E-state index contributed by atoms with van der Waals surface area (Å²) in [5.74, 6) is 0.804. The second kappa shape index (κ2) is 8.95. The quantitative estimate of drug-likeness (QED) is 0.392. The van der Waals surface area contributed by atoms with Gasteiger partial charge in [-0.2, -0.15) is 10.2 Å². The minimum Gasteiger partial charge on any atom is -0.497 e. The van der Waals surface area contributed by atoms with Gasteiger partial charge in [-0.3, -0.25) is 10.1 Å². The van der Waals surface area contributed by atoms with Crippen LogP contribution >= 0.6 is 12.2 Å². The molecule has 2 N–H and O–H groups in total. The largest absolute Gasteiger partial charge is 0.497 e. The smallest absolute Gasteiger partial charge is 0.186 e. The van der Waals surface area contributed by atoms with E-state index in [1.807, 2.05) is 53.3 Å². The average molecular weight is 379 g/mol. The molecule has 0 radical (unpaired) electrons. The van der Waals surface area contributed by atoms with Gasteiger partial charge in [0.2, 0.25) is 0 Å². The van der Waals surface area contributed by atoms with Crippen LogP contribution in [0.25, 0.3) is 11.3 Å². The Kier molecular flexibility index (Phi) is 6.17. The van der Waals surface area contributed by atoms with E-state index >= 15 is 0 Å². The van der Waals surface area contributed by atoms with Crippen molar-refractivity contribution in [2.24, 2.45) is 5.10 Å². The molecular formula is C20H21N5OS. The van der Waals surface area contributed by atoms with Crippen LogP contribution < -0.4 is 15.5 Å². The summed E-state index contributed by atoms with van der Waals surface area (Å²) in [6.07, 6.45) is 3.69. The number of nitrogens with one attached hydrogen (secondary N) is 2. The van der Waals surface area contributed by atoms with Crippen molar-refractivity contribution >= 4 is 23.5 Å². The van der Waals surface area contributed by atoms with Gasteiger partial charge >= 0.3 is 0 Å². The zero-order valence-corrected chi connectivity index (χ0v) is 16.0. The highest BCUT2D eigenvalue weighted by Gasteiger charge is 2.11. The summed E-state index contributed by atoms with van der Waals surface area (Å²) < 4.78 is 7.15. The van der Waals surface area contributed by atoms with Crippen molar-refractivity contribution in [1.82, 2.24) is 20.5 Å². The van der Waals surface area contributed by atoms with Crippen LogP contribution in [0, 0.1) is 0 Å². The Bertz CT molecular complexity index is 919. The number of hydrogen-bond acceptors (Lipinski definition) is 4. The normalized spacial score (nSPS) is 10.7. The minimum absolute atomic E-state index is 0.453. The maximum Gasteiger partial charge on any atom is 0.186 e. The third-order valence-corrected chi connectivity index (χ3v) is 4.23. The highest BCUT2D eigenvalue weighted by atomic mass is 32.1. The van der Waals surface area contributed by atoms with Crippen LogP contribution in [0.3, 0.4) is 0 Å². The Hall–Kier alpha value is -3.19. The van der Waals surface area contributed by atoms with Crippen molar-refractivity contribution in [3.05, 3.63) is 71.9 Å². The minimum atomic E-state index is 0.453. The van der Waals surface area contributed by atoms with Crippen LogP contribution in [-0.2, 0) is 6.54 Å². The molecule has 2 aromatic carbocycles. The van der Waals surface area contributed by atoms with E-state index in [4.69, 9.17) is 22.1 Å². The fraction of sp³-hybridized carbons (Fsp3) is 0.150. The molecule has 0 aliphatic heterocycles. The van der Waals surface area contributed by atoms with Gasteiger partial charge in [-0.05, 0) is 42.0 Å². The second-order valence-corrected chi connectivity index (χ2v) is 6.20. The first-order valence-electron chi connectivity index (χ1n) is 8.46. The number of methoxy groups -OCH3 is 1. The van der Waals surface area contributed by atoms with Gasteiger partial charge in [0.25, 0.3) is 0 Å². The fourth-order valence-corrected chi connectivity index (χ4v) is 2.63. The first-order valence-corrected chi connectivity index (χ1v) is 8.87. The van der Waals surface area contributed by atoms with Gasteiger partial charge in [0.05, 0.1) is 19.9 Å². The molecule has 6 nitrogen and oxygen atoms in total. The highest BCUT2D eigenvalue weighted by Crippen LogP contribution is 2.24. The highest BCUT2D eigenvalue weighted by molar-refractivity contribution is 7.80. The third kappa shape index (κ3) is 4.92. The molecule has 0 amide bonds. The summed E-state index contributed by atoms with van der Waals surface area (Å²) in [6, 6.07) is 18.0. The summed E-state index contributed by atoms with van der Waals surface area (Å²) in [7, 11) is 3.39. The number of ether oxygens (including phenoxy) is 1. The van der Waals surface area contributed by atoms with Gasteiger partial charge in [0.1, 0.15) is 11.4 Å². The molecule has 7 heteroatoms. The van der Waals surface area contributed by atoms with Gasteiger partial charge in [0.15, 0.2) is 5.11 Å². The molecule has 0 atom stereocenters. The molecule has 0 unspecified atom stereocenters. The van der Waals surface area contributed by atoms with E-state index in [1.165, 1.54) is 5.56 Å². The third-order valence-electron chi connectivity index (χ3n) is 3.94. The molecule has 0 spiro atoms. The van der Waals surface area contributed by atoms with Crippen molar-refractivity contribution in [3.8, 4) is 17.0 Å².